The van der Waals surface area contributed by atoms with Crippen LogP contribution in [0.25, 0.3) is 0 Å². The zero-order valence-electron chi connectivity index (χ0n) is 16.9. The van der Waals surface area contributed by atoms with E-state index in [-0.39, 0.29) is 10.8 Å². The molecule has 0 fully saturated rings. The van der Waals surface area contributed by atoms with Crippen molar-refractivity contribution in [3.05, 3.63) is 58.7 Å². The maximum absolute atomic E-state index is 13.1. The minimum atomic E-state index is -3.62. The van der Waals surface area contributed by atoms with Gasteiger partial charge in [-0.25, -0.2) is 8.42 Å². The van der Waals surface area contributed by atoms with E-state index in [0.717, 1.165) is 22.4 Å². The Morgan fingerprint density at radius 2 is 1.59 bits per heavy atom. The van der Waals surface area contributed by atoms with Crippen LogP contribution in [0.1, 0.15) is 40.9 Å². The summed E-state index contributed by atoms with van der Waals surface area (Å²) < 4.78 is 27.0. The molecule has 2 aromatic carbocycles. The molecule has 1 amide bonds. The minimum Gasteiger partial charge on any atom is -0.311 e. The number of rotatable bonds is 6. The summed E-state index contributed by atoms with van der Waals surface area (Å²) in [6.45, 7) is 10.2. The molecule has 0 N–H and O–H groups in total. The first kappa shape index (κ1) is 21.1. The monoisotopic (exact) mass is 388 g/mol. The van der Waals surface area contributed by atoms with E-state index >= 15 is 0 Å². The molecule has 0 saturated heterocycles. The molecule has 2 aromatic rings. The zero-order chi connectivity index (χ0) is 20.4. The van der Waals surface area contributed by atoms with Crippen molar-refractivity contribution in [3.8, 4) is 0 Å². The molecule has 6 heteroatoms. The Kier molecular flexibility index (Phi) is 6.44. The van der Waals surface area contributed by atoms with Crippen LogP contribution in [0.2, 0.25) is 0 Å². The van der Waals surface area contributed by atoms with Gasteiger partial charge in [-0.2, -0.15) is 4.31 Å². The van der Waals surface area contributed by atoms with Gasteiger partial charge in [0, 0.05) is 31.4 Å². The Labute approximate surface area is 162 Å². The molecule has 0 bridgehead atoms. The van der Waals surface area contributed by atoms with Crippen molar-refractivity contribution >= 4 is 21.6 Å². The zero-order valence-corrected chi connectivity index (χ0v) is 17.7. The number of aryl methyl sites for hydroxylation is 2. The third kappa shape index (κ3) is 4.06. The van der Waals surface area contributed by atoms with Crippen molar-refractivity contribution in [3.63, 3.8) is 0 Å². The maximum atomic E-state index is 13.1. The number of carbonyl (C=O) groups is 1. The molecule has 0 heterocycles. The van der Waals surface area contributed by atoms with E-state index in [4.69, 9.17) is 0 Å². The molecule has 0 spiro atoms. The van der Waals surface area contributed by atoms with Crippen LogP contribution in [0, 0.1) is 20.8 Å². The lowest BCUT2D eigenvalue weighted by atomic mass is 10.0. The van der Waals surface area contributed by atoms with Gasteiger partial charge in [-0.05, 0) is 55.7 Å². The van der Waals surface area contributed by atoms with Crippen LogP contribution >= 0.6 is 0 Å². The van der Waals surface area contributed by atoms with Crippen molar-refractivity contribution in [1.29, 1.82) is 0 Å². The van der Waals surface area contributed by atoms with Gasteiger partial charge in [0.25, 0.3) is 5.91 Å². The predicted molar refractivity (Wildman–Crippen MR) is 110 cm³/mol. The Hall–Kier alpha value is -2.18. The molecule has 0 aromatic heterocycles. The van der Waals surface area contributed by atoms with Gasteiger partial charge in [0.2, 0.25) is 10.0 Å². The lowest BCUT2D eigenvalue weighted by Gasteiger charge is -2.23. The summed E-state index contributed by atoms with van der Waals surface area (Å²) in [6.07, 6.45) is 0. The van der Waals surface area contributed by atoms with E-state index in [2.05, 4.69) is 0 Å². The number of hydrogen-bond donors (Lipinski definition) is 0. The van der Waals surface area contributed by atoms with Crippen molar-refractivity contribution in [1.82, 2.24) is 4.31 Å². The van der Waals surface area contributed by atoms with Crippen LogP contribution in [0.15, 0.2) is 41.3 Å². The number of amides is 1. The first-order valence-electron chi connectivity index (χ1n) is 9.10. The van der Waals surface area contributed by atoms with Gasteiger partial charge in [0.05, 0.1) is 4.90 Å². The lowest BCUT2D eigenvalue weighted by Crippen LogP contribution is -2.31. The van der Waals surface area contributed by atoms with E-state index in [9.17, 15) is 13.2 Å². The Morgan fingerprint density at radius 1 is 0.963 bits per heavy atom. The molecule has 0 radical (unpaired) electrons. The molecule has 0 saturated carbocycles. The molecule has 0 aliphatic rings. The fourth-order valence-electron chi connectivity index (χ4n) is 3.09. The Bertz CT molecular complexity index is 948. The number of benzene rings is 2. The van der Waals surface area contributed by atoms with Crippen LogP contribution in [-0.2, 0) is 10.0 Å². The van der Waals surface area contributed by atoms with Crippen LogP contribution in [0.4, 0.5) is 5.69 Å². The Morgan fingerprint density at radius 3 is 2.19 bits per heavy atom. The highest BCUT2D eigenvalue weighted by molar-refractivity contribution is 7.89. The first-order valence-corrected chi connectivity index (χ1v) is 10.5. The summed E-state index contributed by atoms with van der Waals surface area (Å²) in [5.41, 5.74) is 4.08. The molecule has 0 aliphatic heterocycles. The third-order valence-electron chi connectivity index (χ3n) is 5.02. The molecular formula is C21H28N2O3S. The van der Waals surface area contributed by atoms with E-state index < -0.39 is 10.0 Å². The highest BCUT2D eigenvalue weighted by Crippen LogP contribution is 2.25. The van der Waals surface area contributed by atoms with Gasteiger partial charge in [-0.3, -0.25) is 4.79 Å². The Balaban J connectivity index is 2.50. The van der Waals surface area contributed by atoms with Crippen molar-refractivity contribution in [2.45, 2.75) is 39.5 Å². The lowest BCUT2D eigenvalue weighted by molar-refractivity contribution is 0.0992. The number of nitrogens with zero attached hydrogens (tertiary/aromatic N) is 2. The highest BCUT2D eigenvalue weighted by Gasteiger charge is 2.25. The smallest absolute Gasteiger partial charge is 0.258 e. The molecule has 0 atom stereocenters. The van der Waals surface area contributed by atoms with E-state index in [1.54, 1.807) is 37.9 Å². The second kappa shape index (κ2) is 8.23. The molecule has 0 aliphatic carbocycles. The van der Waals surface area contributed by atoms with Crippen molar-refractivity contribution in [2.75, 3.05) is 25.0 Å². The van der Waals surface area contributed by atoms with Crippen molar-refractivity contribution < 1.29 is 13.2 Å². The third-order valence-corrected chi connectivity index (χ3v) is 7.07. The van der Waals surface area contributed by atoms with Gasteiger partial charge in [-0.15, -0.1) is 0 Å². The summed E-state index contributed by atoms with van der Waals surface area (Å²) in [6, 6.07) is 10.6. The first-order chi connectivity index (χ1) is 12.6. The summed E-state index contributed by atoms with van der Waals surface area (Å²) >= 11 is 0. The molecular weight excluding hydrogens is 360 g/mol. The number of carbonyl (C=O) groups excluding carboxylic acids is 1. The quantitative estimate of drug-likeness (QED) is 0.754. The number of hydrogen-bond acceptors (Lipinski definition) is 3. The van der Waals surface area contributed by atoms with Crippen molar-refractivity contribution in [2.24, 2.45) is 0 Å². The maximum Gasteiger partial charge on any atom is 0.258 e. The average molecular weight is 389 g/mol. The molecule has 5 nitrogen and oxygen atoms in total. The van der Waals surface area contributed by atoms with Gasteiger partial charge in [0.15, 0.2) is 0 Å². The van der Waals surface area contributed by atoms with Crippen LogP contribution in [0.3, 0.4) is 0 Å². The van der Waals surface area contributed by atoms with E-state index in [0.29, 0.717) is 18.7 Å². The SMILES string of the molecule is CCN(CC)S(=O)(=O)c1ccc(C)c(C(=O)N(C)c2cccc(C)c2C)c1. The number of anilines is 1. The molecule has 2 rings (SSSR count). The standard InChI is InChI=1S/C21H28N2O3S/c1-7-23(8-2)27(25,26)18-13-12-16(4)19(14-18)21(24)22(6)20-11-9-10-15(3)17(20)5/h9-14H,7-8H2,1-6H3. The van der Waals surface area contributed by atoms with E-state index in [1.165, 1.54) is 10.4 Å². The summed E-state index contributed by atoms with van der Waals surface area (Å²) in [5, 5.41) is 0. The largest absolute Gasteiger partial charge is 0.311 e. The molecule has 0 unspecified atom stereocenters. The molecule has 146 valence electrons. The number of sulfonamides is 1. The van der Waals surface area contributed by atoms with Gasteiger partial charge in [0.1, 0.15) is 0 Å². The normalized spacial score (nSPS) is 11.7. The van der Waals surface area contributed by atoms with Gasteiger partial charge in [-0.1, -0.05) is 32.0 Å². The average Bonchev–Trinajstić information content (AvgIpc) is 2.64. The fraction of sp³-hybridized carbons (Fsp3) is 0.381. The van der Waals surface area contributed by atoms with Gasteiger partial charge < -0.3 is 4.90 Å². The van der Waals surface area contributed by atoms with Crippen LogP contribution in [0.5, 0.6) is 0 Å². The topological polar surface area (TPSA) is 57.7 Å². The fourth-order valence-corrected chi connectivity index (χ4v) is 4.58. The van der Waals surface area contributed by atoms with E-state index in [1.807, 2.05) is 39.0 Å². The minimum absolute atomic E-state index is 0.148. The van der Waals surface area contributed by atoms with Crippen LogP contribution < -0.4 is 4.90 Å². The summed E-state index contributed by atoms with van der Waals surface area (Å²) in [4.78, 5) is 14.9. The van der Waals surface area contributed by atoms with Gasteiger partial charge >= 0.3 is 0 Å². The second-order valence-electron chi connectivity index (χ2n) is 6.65. The summed E-state index contributed by atoms with van der Waals surface area (Å²) in [7, 11) is -1.90. The highest BCUT2D eigenvalue weighted by atomic mass is 32.2. The second-order valence-corrected chi connectivity index (χ2v) is 8.59. The molecule has 27 heavy (non-hydrogen) atoms. The van der Waals surface area contributed by atoms with Crippen LogP contribution in [-0.4, -0.2) is 38.8 Å². The summed E-state index contributed by atoms with van der Waals surface area (Å²) in [5.74, 6) is -0.224. The predicted octanol–water partition coefficient (Wildman–Crippen LogP) is 3.92.